The minimum Gasteiger partial charge on any atom is -0.503 e. The van der Waals surface area contributed by atoms with Crippen LogP contribution in [0, 0.1) is 10.8 Å². The summed E-state index contributed by atoms with van der Waals surface area (Å²) in [6.07, 6.45) is 2.50. The number of halogens is 1. The Bertz CT molecular complexity index is 1030. The van der Waals surface area contributed by atoms with Crippen LogP contribution in [-0.2, 0) is 9.59 Å². The van der Waals surface area contributed by atoms with E-state index in [2.05, 4.69) is 55.4 Å². The maximum absolute atomic E-state index is 13.6. The van der Waals surface area contributed by atoms with E-state index in [0.717, 1.165) is 47.5 Å². The van der Waals surface area contributed by atoms with E-state index in [9.17, 15) is 14.7 Å². The normalized spacial score (nSPS) is 22.8. The van der Waals surface area contributed by atoms with Crippen LogP contribution in [0.15, 0.2) is 39.1 Å². The second-order valence-corrected chi connectivity index (χ2v) is 11.7. The molecule has 0 atom stereocenters. The number of hydrogen-bond donors (Lipinski definition) is 1. The molecule has 0 saturated carbocycles. The zero-order chi connectivity index (χ0) is 23.6. The zero-order valence-electron chi connectivity index (χ0n) is 19.8. The number of carbonyl (C=O) groups is 2. The number of hydrogen-bond acceptors (Lipinski definition) is 5. The average Bonchev–Trinajstić information content (AvgIpc) is 2.66. The van der Waals surface area contributed by atoms with Crippen LogP contribution in [-0.4, -0.2) is 35.2 Å². The first-order valence-corrected chi connectivity index (χ1v) is 12.0. The molecule has 0 fully saturated rings. The van der Waals surface area contributed by atoms with Crippen LogP contribution in [0.2, 0.25) is 0 Å². The molecule has 0 unspecified atom stereocenters. The molecule has 1 N–H and O–H groups in total. The second kappa shape index (κ2) is 7.75. The quantitative estimate of drug-likeness (QED) is 0.560. The van der Waals surface area contributed by atoms with Crippen molar-refractivity contribution in [2.45, 2.75) is 66.2 Å². The van der Waals surface area contributed by atoms with Gasteiger partial charge in [0.15, 0.2) is 23.1 Å². The van der Waals surface area contributed by atoms with Gasteiger partial charge in [-0.25, -0.2) is 0 Å². The van der Waals surface area contributed by atoms with E-state index < -0.39 is 5.92 Å². The van der Waals surface area contributed by atoms with Gasteiger partial charge in [0.2, 0.25) is 0 Å². The molecule has 0 saturated heterocycles. The molecule has 1 heterocycles. The number of ketones is 2. The van der Waals surface area contributed by atoms with Gasteiger partial charge in [0, 0.05) is 47.8 Å². The van der Waals surface area contributed by atoms with Crippen molar-refractivity contribution in [2.24, 2.45) is 10.8 Å². The van der Waals surface area contributed by atoms with Gasteiger partial charge in [-0.2, -0.15) is 0 Å². The Balaban J connectivity index is 2.03. The number of nitrogens with zero attached hydrogens (tertiary/aromatic N) is 1. The summed E-state index contributed by atoms with van der Waals surface area (Å²) in [6, 6.07) is 3.58. The number of Topliss-reactive ketones (excluding diaryl/α,β-unsaturated/α-hetero) is 2. The van der Waals surface area contributed by atoms with Crippen LogP contribution in [0.3, 0.4) is 0 Å². The molecular formula is C26H32BrNO4. The lowest BCUT2D eigenvalue weighted by Gasteiger charge is -2.49. The molecule has 5 nitrogen and oxygen atoms in total. The zero-order valence-corrected chi connectivity index (χ0v) is 21.4. The van der Waals surface area contributed by atoms with Gasteiger partial charge in [-0.1, -0.05) is 27.7 Å². The van der Waals surface area contributed by atoms with Crippen LogP contribution >= 0.6 is 15.9 Å². The molecule has 0 spiro atoms. The van der Waals surface area contributed by atoms with Crippen molar-refractivity contribution in [2.75, 3.05) is 13.7 Å². The summed E-state index contributed by atoms with van der Waals surface area (Å²) < 4.78 is 5.89. The highest BCUT2D eigenvalue weighted by Crippen LogP contribution is 2.55. The molecule has 172 valence electrons. The number of phenols is 1. The summed E-state index contributed by atoms with van der Waals surface area (Å²) >= 11 is 3.43. The Morgan fingerprint density at radius 1 is 1.00 bits per heavy atom. The Morgan fingerprint density at radius 2 is 1.50 bits per heavy atom. The van der Waals surface area contributed by atoms with Crippen molar-refractivity contribution in [1.29, 1.82) is 0 Å². The Hall–Kier alpha value is -2.08. The predicted octanol–water partition coefficient (Wildman–Crippen LogP) is 5.87. The molecule has 2 aliphatic carbocycles. The summed E-state index contributed by atoms with van der Waals surface area (Å²) in [6.45, 7) is 11.4. The molecule has 3 aliphatic rings. The van der Waals surface area contributed by atoms with E-state index in [4.69, 9.17) is 4.74 Å². The van der Waals surface area contributed by atoms with Gasteiger partial charge in [0.1, 0.15) is 0 Å². The monoisotopic (exact) mass is 501 g/mol. The molecule has 0 radical (unpaired) electrons. The van der Waals surface area contributed by atoms with Crippen molar-refractivity contribution < 1.29 is 19.4 Å². The number of aromatic hydroxyl groups is 1. The minimum atomic E-state index is -0.444. The van der Waals surface area contributed by atoms with Gasteiger partial charge in [0.05, 0.1) is 11.6 Å². The summed E-state index contributed by atoms with van der Waals surface area (Å²) in [4.78, 5) is 29.4. The molecule has 1 aromatic rings. The largest absolute Gasteiger partial charge is 0.503 e. The fraction of sp³-hybridized carbons (Fsp3) is 0.538. The predicted molar refractivity (Wildman–Crippen MR) is 128 cm³/mol. The standard InChI is InChI=1S/C26H32BrNO4/c1-7-28-16-10-25(2,3)12-18(29)22(16)21(14-8-15(27)24(31)20(9-14)32-6)23-17(28)11-26(4,5)13-19(23)30/h8-9,21,31H,7,10-13H2,1-6H3. The topological polar surface area (TPSA) is 66.8 Å². The first-order valence-electron chi connectivity index (χ1n) is 11.3. The summed E-state index contributed by atoms with van der Waals surface area (Å²) in [5, 5.41) is 10.4. The van der Waals surface area contributed by atoms with E-state index in [1.807, 2.05) is 6.07 Å². The van der Waals surface area contributed by atoms with Crippen molar-refractivity contribution in [1.82, 2.24) is 4.90 Å². The van der Waals surface area contributed by atoms with Gasteiger partial charge >= 0.3 is 0 Å². The van der Waals surface area contributed by atoms with Crippen molar-refractivity contribution in [3.8, 4) is 11.5 Å². The fourth-order valence-electron chi connectivity index (χ4n) is 5.68. The maximum atomic E-state index is 13.6. The van der Waals surface area contributed by atoms with Crippen molar-refractivity contribution in [3.63, 3.8) is 0 Å². The average molecular weight is 502 g/mol. The van der Waals surface area contributed by atoms with E-state index in [-0.39, 0.29) is 28.1 Å². The van der Waals surface area contributed by atoms with Gasteiger partial charge < -0.3 is 14.7 Å². The van der Waals surface area contributed by atoms with Crippen LogP contribution in [0.5, 0.6) is 11.5 Å². The van der Waals surface area contributed by atoms with Gasteiger partial charge in [-0.3, -0.25) is 9.59 Å². The first kappa shape index (κ1) is 23.1. The van der Waals surface area contributed by atoms with Crippen LogP contribution in [0.1, 0.15) is 71.8 Å². The lowest BCUT2D eigenvalue weighted by molar-refractivity contribution is -0.119. The summed E-state index contributed by atoms with van der Waals surface area (Å²) in [5.41, 5.74) is 4.09. The van der Waals surface area contributed by atoms with E-state index in [1.54, 1.807) is 6.07 Å². The highest BCUT2D eigenvalue weighted by atomic mass is 79.9. The molecule has 0 amide bonds. The lowest BCUT2D eigenvalue weighted by Crippen LogP contribution is -2.44. The van der Waals surface area contributed by atoms with Gasteiger partial charge in [-0.15, -0.1) is 0 Å². The highest BCUT2D eigenvalue weighted by Gasteiger charge is 2.48. The number of methoxy groups -OCH3 is 1. The molecule has 6 heteroatoms. The summed E-state index contributed by atoms with van der Waals surface area (Å²) in [7, 11) is 1.50. The third kappa shape index (κ3) is 3.70. The number of allylic oxidation sites excluding steroid dienone is 4. The molecule has 1 aromatic carbocycles. The van der Waals surface area contributed by atoms with Crippen LogP contribution in [0.4, 0.5) is 0 Å². The molecule has 0 bridgehead atoms. The Kier molecular flexibility index (Phi) is 5.60. The highest BCUT2D eigenvalue weighted by molar-refractivity contribution is 9.10. The number of ether oxygens (including phenoxy) is 1. The van der Waals surface area contributed by atoms with Crippen LogP contribution < -0.4 is 4.74 Å². The minimum absolute atomic E-state index is 0.0119. The first-order chi connectivity index (χ1) is 14.9. The Labute approximate surface area is 198 Å². The number of benzene rings is 1. The Morgan fingerprint density at radius 3 is 1.94 bits per heavy atom. The van der Waals surface area contributed by atoms with Gasteiger partial charge in [0.25, 0.3) is 0 Å². The van der Waals surface area contributed by atoms with Crippen molar-refractivity contribution in [3.05, 3.63) is 44.7 Å². The molecule has 1 aliphatic heterocycles. The van der Waals surface area contributed by atoms with Gasteiger partial charge in [-0.05, 0) is 64.2 Å². The maximum Gasteiger partial charge on any atom is 0.172 e. The SMILES string of the molecule is CCN1C2=C(C(=O)CC(C)(C)C2)C(c2cc(Br)c(O)c(OC)c2)C2=C1CC(C)(C)CC2=O. The van der Waals surface area contributed by atoms with Crippen molar-refractivity contribution >= 4 is 27.5 Å². The number of carbonyl (C=O) groups excluding carboxylic acids is 2. The third-order valence-corrected chi connectivity index (χ3v) is 7.55. The van der Waals surface area contributed by atoms with E-state index in [0.29, 0.717) is 23.1 Å². The molecule has 4 rings (SSSR count). The van der Waals surface area contributed by atoms with Crippen LogP contribution in [0.25, 0.3) is 0 Å². The second-order valence-electron chi connectivity index (χ2n) is 10.8. The lowest BCUT2D eigenvalue weighted by atomic mass is 9.63. The fourth-order valence-corrected chi connectivity index (χ4v) is 6.14. The van der Waals surface area contributed by atoms with E-state index in [1.165, 1.54) is 7.11 Å². The number of phenolic OH excluding ortho intramolecular Hbond substituents is 1. The van der Waals surface area contributed by atoms with E-state index >= 15 is 0 Å². The summed E-state index contributed by atoms with van der Waals surface area (Å²) in [5.74, 6) is 0.0986. The molecule has 0 aromatic heterocycles. The smallest absolute Gasteiger partial charge is 0.172 e. The molecule has 32 heavy (non-hydrogen) atoms. The third-order valence-electron chi connectivity index (χ3n) is 6.94. The number of rotatable bonds is 3. The molecular weight excluding hydrogens is 470 g/mol.